The minimum absolute atomic E-state index is 0.00122. The maximum atomic E-state index is 12.5. The molecule has 5 heteroatoms. The Labute approximate surface area is 181 Å². The van der Waals surface area contributed by atoms with Gasteiger partial charge in [0.15, 0.2) is 0 Å². The number of fused-ring (bicyclic) bond motifs is 1. The molecule has 0 saturated heterocycles. The summed E-state index contributed by atoms with van der Waals surface area (Å²) in [4.78, 5) is 15.0. The van der Waals surface area contributed by atoms with E-state index in [0.29, 0.717) is 0 Å². The molecule has 0 radical (unpaired) electrons. The third-order valence-electron chi connectivity index (χ3n) is 6.46. The van der Waals surface area contributed by atoms with Crippen molar-refractivity contribution in [2.24, 2.45) is 0 Å². The Kier molecular flexibility index (Phi) is 6.48. The van der Waals surface area contributed by atoms with Crippen LogP contribution >= 0.6 is 0 Å². The monoisotopic (exact) mass is 411 g/mol. The van der Waals surface area contributed by atoms with Crippen LogP contribution in [0.3, 0.4) is 0 Å². The van der Waals surface area contributed by atoms with Gasteiger partial charge in [-0.3, -0.25) is 4.90 Å². The molecule has 1 amide bonds. The van der Waals surface area contributed by atoms with Crippen molar-refractivity contribution in [2.45, 2.75) is 96.2 Å². The summed E-state index contributed by atoms with van der Waals surface area (Å²) in [6.45, 7) is 13.0. The quantitative estimate of drug-likeness (QED) is 0.733. The van der Waals surface area contributed by atoms with Gasteiger partial charge in [-0.05, 0) is 63.3 Å². The predicted molar refractivity (Wildman–Crippen MR) is 119 cm³/mol. The number of carbonyl (C=O) groups is 1. The fourth-order valence-electron chi connectivity index (χ4n) is 5.07. The number of carbonyl (C=O) groups excluding carboxylic acids is 1. The lowest BCUT2D eigenvalue weighted by Crippen LogP contribution is -2.53. The number of benzene rings is 1. The maximum Gasteiger partial charge on any atom is 0.408 e. The third-order valence-corrected chi connectivity index (χ3v) is 6.46. The number of nitrogens with zero attached hydrogens (tertiary/aromatic N) is 2. The summed E-state index contributed by atoms with van der Waals surface area (Å²) >= 11 is 0. The molecule has 5 nitrogen and oxygen atoms in total. The highest BCUT2D eigenvalue weighted by Crippen LogP contribution is 2.36. The van der Waals surface area contributed by atoms with Crippen molar-refractivity contribution in [3.63, 3.8) is 0 Å². The fourth-order valence-corrected chi connectivity index (χ4v) is 5.07. The van der Waals surface area contributed by atoms with Gasteiger partial charge in [-0.2, -0.15) is 5.26 Å². The van der Waals surface area contributed by atoms with E-state index in [-0.39, 0.29) is 17.0 Å². The van der Waals surface area contributed by atoms with Crippen LogP contribution in [0.15, 0.2) is 18.2 Å². The van der Waals surface area contributed by atoms with Crippen LogP contribution in [0.25, 0.3) is 0 Å². The Hall–Kier alpha value is -2.06. The first kappa shape index (κ1) is 22.6. The molecule has 2 aliphatic rings. The van der Waals surface area contributed by atoms with Gasteiger partial charge in [0.2, 0.25) is 0 Å². The van der Waals surface area contributed by atoms with E-state index < -0.39 is 5.60 Å². The summed E-state index contributed by atoms with van der Waals surface area (Å²) in [6, 6.07) is 8.35. The van der Waals surface area contributed by atoms with Gasteiger partial charge in [0.25, 0.3) is 0 Å². The zero-order valence-electron chi connectivity index (χ0n) is 19.3. The Morgan fingerprint density at radius 2 is 1.93 bits per heavy atom. The SMILES string of the molecule is CC(C)(C)OC(=O)NC1(CCN2Cc3ccc(C#N)cc3C(C)(C)C2)CCCCC1. The summed E-state index contributed by atoms with van der Waals surface area (Å²) in [5.74, 6) is 0. The van der Waals surface area contributed by atoms with E-state index in [1.165, 1.54) is 17.5 Å². The van der Waals surface area contributed by atoms with E-state index in [2.05, 4.69) is 42.3 Å². The minimum Gasteiger partial charge on any atom is -0.444 e. The molecular weight excluding hydrogens is 374 g/mol. The van der Waals surface area contributed by atoms with Crippen molar-refractivity contribution >= 4 is 6.09 Å². The summed E-state index contributed by atoms with van der Waals surface area (Å²) in [7, 11) is 0. The van der Waals surface area contributed by atoms with E-state index in [9.17, 15) is 10.1 Å². The van der Waals surface area contributed by atoms with Crippen molar-refractivity contribution in [3.8, 4) is 6.07 Å². The number of amides is 1. The van der Waals surface area contributed by atoms with Gasteiger partial charge in [0.1, 0.15) is 5.60 Å². The largest absolute Gasteiger partial charge is 0.444 e. The molecule has 1 N–H and O–H groups in total. The number of rotatable bonds is 4. The smallest absolute Gasteiger partial charge is 0.408 e. The second-order valence-electron chi connectivity index (χ2n) is 10.8. The molecule has 0 atom stereocenters. The molecule has 0 spiro atoms. The van der Waals surface area contributed by atoms with Crippen molar-refractivity contribution < 1.29 is 9.53 Å². The standard InChI is InChI=1S/C25H37N3O2/c1-23(2,3)30-22(29)27-25(11-7-6-8-12-25)13-14-28-17-20-10-9-19(16-26)15-21(20)24(4,5)18-28/h9-10,15H,6-8,11-14,17-18H2,1-5H3,(H,27,29). The van der Waals surface area contributed by atoms with E-state index in [0.717, 1.165) is 57.3 Å². The second-order valence-corrected chi connectivity index (χ2v) is 10.8. The Morgan fingerprint density at radius 1 is 1.23 bits per heavy atom. The first-order valence-electron chi connectivity index (χ1n) is 11.3. The lowest BCUT2D eigenvalue weighted by atomic mass is 9.76. The van der Waals surface area contributed by atoms with E-state index in [1.54, 1.807) is 0 Å². The Morgan fingerprint density at radius 3 is 2.57 bits per heavy atom. The lowest BCUT2D eigenvalue weighted by molar-refractivity contribution is 0.0398. The molecule has 1 aromatic carbocycles. The van der Waals surface area contributed by atoms with E-state index in [1.807, 2.05) is 26.8 Å². The Bertz CT molecular complexity index is 811. The molecule has 0 unspecified atom stereocenters. The normalized spacial score (nSPS) is 20.7. The second kappa shape index (κ2) is 8.59. The summed E-state index contributed by atoms with van der Waals surface area (Å²) in [5.41, 5.74) is 2.68. The Balaban J connectivity index is 1.70. The van der Waals surface area contributed by atoms with Gasteiger partial charge in [0.05, 0.1) is 11.6 Å². The molecule has 1 fully saturated rings. The average molecular weight is 412 g/mol. The molecule has 1 aromatic rings. The molecule has 30 heavy (non-hydrogen) atoms. The van der Waals surface area contributed by atoms with Crippen LogP contribution in [0.4, 0.5) is 4.79 Å². The highest BCUT2D eigenvalue weighted by atomic mass is 16.6. The van der Waals surface area contributed by atoms with Crippen LogP contribution in [0, 0.1) is 11.3 Å². The van der Waals surface area contributed by atoms with Crippen molar-refractivity contribution in [2.75, 3.05) is 13.1 Å². The average Bonchev–Trinajstić information content (AvgIpc) is 2.65. The highest BCUT2D eigenvalue weighted by molar-refractivity contribution is 5.68. The fraction of sp³-hybridized carbons (Fsp3) is 0.680. The van der Waals surface area contributed by atoms with E-state index >= 15 is 0 Å². The van der Waals surface area contributed by atoms with Gasteiger partial charge >= 0.3 is 6.09 Å². The summed E-state index contributed by atoms with van der Waals surface area (Å²) in [5, 5.41) is 12.5. The topological polar surface area (TPSA) is 65.4 Å². The number of ether oxygens (including phenoxy) is 1. The summed E-state index contributed by atoms with van der Waals surface area (Å²) < 4.78 is 5.57. The molecule has 1 saturated carbocycles. The van der Waals surface area contributed by atoms with Crippen molar-refractivity contribution in [1.82, 2.24) is 10.2 Å². The lowest BCUT2D eigenvalue weighted by Gasteiger charge is -2.43. The van der Waals surface area contributed by atoms with Crippen LogP contribution in [0.1, 0.15) is 89.8 Å². The maximum absolute atomic E-state index is 12.5. The summed E-state index contributed by atoms with van der Waals surface area (Å²) in [6.07, 6.45) is 6.23. The first-order valence-corrected chi connectivity index (χ1v) is 11.3. The van der Waals surface area contributed by atoms with Crippen molar-refractivity contribution in [3.05, 3.63) is 34.9 Å². The molecule has 1 aliphatic carbocycles. The molecule has 164 valence electrons. The molecule has 1 heterocycles. The zero-order valence-corrected chi connectivity index (χ0v) is 19.3. The minimum atomic E-state index is -0.483. The van der Waals surface area contributed by atoms with Crippen LogP contribution in [0.5, 0.6) is 0 Å². The van der Waals surface area contributed by atoms with Gasteiger partial charge in [-0.1, -0.05) is 39.2 Å². The van der Waals surface area contributed by atoms with Gasteiger partial charge < -0.3 is 10.1 Å². The molecular formula is C25H37N3O2. The number of nitrogens with one attached hydrogen (secondary N) is 1. The predicted octanol–water partition coefficient (Wildman–Crippen LogP) is 5.27. The van der Waals surface area contributed by atoms with Gasteiger partial charge in [0, 0.05) is 30.6 Å². The number of hydrogen-bond acceptors (Lipinski definition) is 4. The van der Waals surface area contributed by atoms with Crippen LogP contribution < -0.4 is 5.32 Å². The highest BCUT2D eigenvalue weighted by Gasteiger charge is 2.37. The number of nitriles is 1. The van der Waals surface area contributed by atoms with Gasteiger partial charge in [-0.25, -0.2) is 4.79 Å². The number of hydrogen-bond donors (Lipinski definition) is 1. The van der Waals surface area contributed by atoms with Crippen LogP contribution in [0.2, 0.25) is 0 Å². The van der Waals surface area contributed by atoms with Crippen LogP contribution in [-0.4, -0.2) is 35.2 Å². The molecule has 3 rings (SSSR count). The third kappa shape index (κ3) is 5.55. The molecule has 1 aliphatic heterocycles. The first-order chi connectivity index (χ1) is 14.0. The van der Waals surface area contributed by atoms with Crippen LogP contribution in [-0.2, 0) is 16.7 Å². The van der Waals surface area contributed by atoms with E-state index in [4.69, 9.17) is 4.74 Å². The van der Waals surface area contributed by atoms with Gasteiger partial charge in [-0.15, -0.1) is 0 Å². The molecule has 0 bridgehead atoms. The zero-order chi connectivity index (χ0) is 22.0. The number of alkyl carbamates (subject to hydrolysis) is 1. The van der Waals surface area contributed by atoms with Crippen molar-refractivity contribution in [1.29, 1.82) is 5.26 Å². The molecule has 0 aromatic heterocycles.